The highest BCUT2D eigenvalue weighted by molar-refractivity contribution is 5.83. The zero-order chi connectivity index (χ0) is 8.67. The highest BCUT2D eigenvalue weighted by atomic mass is 15.4. The number of fused-ring (bicyclic) bond motifs is 3. The van der Waals surface area contributed by atoms with E-state index in [9.17, 15) is 0 Å². The Labute approximate surface area is 79.2 Å². The average molecular weight is 179 g/mol. The Morgan fingerprint density at radius 2 is 2.15 bits per heavy atom. The fourth-order valence-electron chi connectivity index (χ4n) is 2.89. The van der Waals surface area contributed by atoms with Crippen LogP contribution in [0.25, 0.3) is 0 Å². The van der Waals surface area contributed by atoms with Gasteiger partial charge in [0.05, 0.1) is 6.04 Å². The molecule has 1 saturated carbocycles. The molecule has 0 aromatic rings. The van der Waals surface area contributed by atoms with Gasteiger partial charge in [-0.25, -0.2) is 0 Å². The second kappa shape index (κ2) is 2.89. The van der Waals surface area contributed by atoms with Crippen molar-refractivity contribution in [2.24, 2.45) is 4.99 Å². The maximum Gasteiger partial charge on any atom is 0.194 e. The fraction of sp³-hybridized carbons (Fsp3) is 0.900. The standard InChI is InChI=1S/C10H17N3/c1-2-5-9-8(4-1)12-10-11-6-3-7-13(9)10/h8-9H,1-7H2,(H,11,12). The van der Waals surface area contributed by atoms with Crippen LogP contribution in [0.5, 0.6) is 0 Å². The Morgan fingerprint density at radius 3 is 3.15 bits per heavy atom. The molecular formula is C10H17N3. The Bertz CT molecular complexity index is 236. The van der Waals surface area contributed by atoms with E-state index in [1.54, 1.807) is 0 Å². The van der Waals surface area contributed by atoms with Crippen LogP contribution in [0.4, 0.5) is 0 Å². The van der Waals surface area contributed by atoms with Crippen LogP contribution in [0.1, 0.15) is 32.1 Å². The first-order valence-corrected chi connectivity index (χ1v) is 5.53. The van der Waals surface area contributed by atoms with Gasteiger partial charge in [-0.2, -0.15) is 0 Å². The molecule has 0 amide bonds. The minimum absolute atomic E-state index is 0.714. The molecule has 2 unspecified atom stereocenters. The molecule has 1 aliphatic carbocycles. The first-order valence-electron chi connectivity index (χ1n) is 5.53. The number of guanidine groups is 1. The van der Waals surface area contributed by atoms with Gasteiger partial charge in [0, 0.05) is 19.1 Å². The smallest absolute Gasteiger partial charge is 0.194 e. The van der Waals surface area contributed by atoms with Crippen LogP contribution in [0.3, 0.4) is 0 Å². The van der Waals surface area contributed by atoms with Gasteiger partial charge in [0.1, 0.15) is 0 Å². The lowest BCUT2D eigenvalue weighted by Gasteiger charge is -2.31. The van der Waals surface area contributed by atoms with E-state index in [1.165, 1.54) is 44.6 Å². The summed E-state index contributed by atoms with van der Waals surface area (Å²) >= 11 is 0. The van der Waals surface area contributed by atoms with Gasteiger partial charge in [0.2, 0.25) is 0 Å². The third-order valence-corrected chi connectivity index (χ3v) is 3.54. The van der Waals surface area contributed by atoms with Gasteiger partial charge in [0.15, 0.2) is 5.96 Å². The molecule has 2 heterocycles. The summed E-state index contributed by atoms with van der Waals surface area (Å²) in [4.78, 5) is 7.05. The fourth-order valence-corrected chi connectivity index (χ4v) is 2.89. The average Bonchev–Trinajstić information content (AvgIpc) is 2.56. The first kappa shape index (κ1) is 7.65. The Hall–Kier alpha value is -0.730. The molecule has 13 heavy (non-hydrogen) atoms. The monoisotopic (exact) mass is 179 g/mol. The zero-order valence-corrected chi connectivity index (χ0v) is 8.00. The van der Waals surface area contributed by atoms with Crippen molar-refractivity contribution in [2.75, 3.05) is 13.1 Å². The molecule has 0 bridgehead atoms. The molecule has 0 radical (unpaired) electrons. The SMILES string of the molecule is C1CCC2C(C1)NC1=NCCCN12. The highest BCUT2D eigenvalue weighted by Gasteiger charge is 2.39. The summed E-state index contributed by atoms with van der Waals surface area (Å²) in [7, 11) is 0. The molecule has 2 aliphatic heterocycles. The summed E-state index contributed by atoms with van der Waals surface area (Å²) in [6.07, 6.45) is 6.77. The van der Waals surface area contributed by atoms with E-state index in [0.29, 0.717) is 6.04 Å². The molecule has 0 aromatic carbocycles. The molecule has 1 N–H and O–H groups in total. The van der Waals surface area contributed by atoms with E-state index >= 15 is 0 Å². The lowest BCUT2D eigenvalue weighted by Crippen LogP contribution is -2.41. The van der Waals surface area contributed by atoms with Crippen molar-refractivity contribution in [3.63, 3.8) is 0 Å². The maximum atomic E-state index is 4.55. The van der Waals surface area contributed by atoms with Crippen LogP contribution in [-0.4, -0.2) is 36.0 Å². The third-order valence-electron chi connectivity index (χ3n) is 3.54. The van der Waals surface area contributed by atoms with E-state index in [-0.39, 0.29) is 0 Å². The Kier molecular flexibility index (Phi) is 1.70. The van der Waals surface area contributed by atoms with Crippen molar-refractivity contribution in [3.8, 4) is 0 Å². The minimum atomic E-state index is 0.714. The Morgan fingerprint density at radius 1 is 1.23 bits per heavy atom. The van der Waals surface area contributed by atoms with Gasteiger partial charge in [-0.1, -0.05) is 12.8 Å². The van der Waals surface area contributed by atoms with Gasteiger partial charge in [0.25, 0.3) is 0 Å². The normalized spacial score (nSPS) is 37.5. The van der Waals surface area contributed by atoms with Gasteiger partial charge >= 0.3 is 0 Å². The summed E-state index contributed by atoms with van der Waals surface area (Å²) in [5.74, 6) is 1.20. The second-order valence-corrected chi connectivity index (χ2v) is 4.35. The molecule has 2 fully saturated rings. The number of rotatable bonds is 0. The quantitative estimate of drug-likeness (QED) is 0.600. The summed E-state index contributed by atoms with van der Waals surface area (Å²) in [6, 6.07) is 1.48. The lowest BCUT2D eigenvalue weighted by atomic mass is 9.91. The van der Waals surface area contributed by atoms with Crippen LogP contribution < -0.4 is 5.32 Å². The van der Waals surface area contributed by atoms with E-state index < -0.39 is 0 Å². The molecule has 0 aromatic heterocycles. The molecule has 3 heteroatoms. The molecule has 0 spiro atoms. The largest absolute Gasteiger partial charge is 0.351 e. The van der Waals surface area contributed by atoms with Crippen molar-refractivity contribution < 1.29 is 0 Å². The summed E-state index contributed by atoms with van der Waals surface area (Å²) in [5.41, 5.74) is 0. The number of hydrogen-bond acceptors (Lipinski definition) is 3. The summed E-state index contributed by atoms with van der Waals surface area (Å²) in [6.45, 7) is 2.26. The topological polar surface area (TPSA) is 27.6 Å². The van der Waals surface area contributed by atoms with Crippen molar-refractivity contribution >= 4 is 5.96 Å². The summed E-state index contributed by atoms with van der Waals surface area (Å²) < 4.78 is 0. The highest BCUT2D eigenvalue weighted by Crippen LogP contribution is 2.28. The predicted molar refractivity (Wildman–Crippen MR) is 52.8 cm³/mol. The third kappa shape index (κ3) is 1.13. The molecule has 1 saturated heterocycles. The van der Waals surface area contributed by atoms with Gasteiger partial charge < -0.3 is 10.2 Å². The number of nitrogens with zero attached hydrogens (tertiary/aromatic N) is 2. The van der Waals surface area contributed by atoms with Crippen molar-refractivity contribution in [1.82, 2.24) is 10.2 Å². The second-order valence-electron chi connectivity index (χ2n) is 4.35. The lowest BCUT2D eigenvalue weighted by molar-refractivity contribution is 0.243. The number of aliphatic imine (C=N–C) groups is 1. The van der Waals surface area contributed by atoms with E-state index in [1.807, 2.05) is 0 Å². The molecule has 3 rings (SSSR count). The van der Waals surface area contributed by atoms with Crippen LogP contribution in [-0.2, 0) is 0 Å². The zero-order valence-electron chi connectivity index (χ0n) is 8.00. The molecule has 3 aliphatic rings. The van der Waals surface area contributed by atoms with Crippen molar-refractivity contribution in [1.29, 1.82) is 0 Å². The van der Waals surface area contributed by atoms with Gasteiger partial charge in [-0.3, -0.25) is 4.99 Å². The Balaban J connectivity index is 1.85. The van der Waals surface area contributed by atoms with Crippen LogP contribution >= 0.6 is 0 Å². The van der Waals surface area contributed by atoms with Gasteiger partial charge in [-0.05, 0) is 19.3 Å². The van der Waals surface area contributed by atoms with Crippen LogP contribution in [0, 0.1) is 0 Å². The molecular weight excluding hydrogens is 162 g/mol. The molecule has 3 nitrogen and oxygen atoms in total. The summed E-state index contributed by atoms with van der Waals surface area (Å²) in [5, 5.41) is 3.57. The van der Waals surface area contributed by atoms with E-state index in [4.69, 9.17) is 0 Å². The molecule has 2 atom stereocenters. The van der Waals surface area contributed by atoms with Gasteiger partial charge in [-0.15, -0.1) is 0 Å². The van der Waals surface area contributed by atoms with E-state index in [2.05, 4.69) is 15.2 Å². The number of nitrogens with one attached hydrogen (secondary N) is 1. The molecule has 72 valence electrons. The van der Waals surface area contributed by atoms with Crippen molar-refractivity contribution in [3.05, 3.63) is 0 Å². The predicted octanol–water partition coefficient (Wildman–Crippen LogP) is 0.962. The van der Waals surface area contributed by atoms with Crippen LogP contribution in [0.2, 0.25) is 0 Å². The van der Waals surface area contributed by atoms with E-state index in [0.717, 1.165) is 12.6 Å². The number of hydrogen-bond donors (Lipinski definition) is 1. The maximum absolute atomic E-state index is 4.55. The van der Waals surface area contributed by atoms with Crippen LogP contribution in [0.15, 0.2) is 4.99 Å². The first-order chi connectivity index (χ1) is 6.45. The minimum Gasteiger partial charge on any atom is -0.351 e. The van der Waals surface area contributed by atoms with Crippen molar-refractivity contribution in [2.45, 2.75) is 44.2 Å².